The number of piperazine rings is 1. The molecule has 0 saturated carbocycles. The summed E-state index contributed by atoms with van der Waals surface area (Å²) in [7, 11) is 2.01. The van der Waals surface area contributed by atoms with Crippen LogP contribution < -0.4 is 9.64 Å². The summed E-state index contributed by atoms with van der Waals surface area (Å²) in [5.41, 5.74) is 0.358. The van der Waals surface area contributed by atoms with E-state index in [4.69, 9.17) is 4.74 Å². The summed E-state index contributed by atoms with van der Waals surface area (Å²) in [6, 6.07) is 4.06. The number of nitro benzene ring substituents is 1. The van der Waals surface area contributed by atoms with Crippen LogP contribution >= 0.6 is 0 Å². The number of nitrogens with zero attached hydrogens (tertiary/aromatic N) is 4. The molecule has 2 aliphatic heterocycles. The molecule has 0 aliphatic carbocycles. The smallest absolute Gasteiger partial charge is 0.331 e. The predicted molar refractivity (Wildman–Crippen MR) is 85.0 cm³/mol. The number of amides is 1. The third-order valence-corrected chi connectivity index (χ3v) is 4.22. The lowest BCUT2D eigenvalue weighted by atomic mass is 10.2. The van der Waals surface area contributed by atoms with Gasteiger partial charge in [-0.25, -0.2) is 4.79 Å². The maximum atomic E-state index is 12.5. The highest BCUT2D eigenvalue weighted by atomic mass is 16.6. The second-order valence-electron chi connectivity index (χ2n) is 5.92. The van der Waals surface area contributed by atoms with E-state index in [1.807, 2.05) is 7.05 Å². The van der Waals surface area contributed by atoms with E-state index >= 15 is 0 Å². The molecule has 0 radical (unpaired) electrons. The van der Waals surface area contributed by atoms with Crippen LogP contribution in [-0.2, 0) is 9.59 Å². The maximum Gasteiger partial charge on any atom is 0.331 e. The van der Waals surface area contributed by atoms with Gasteiger partial charge in [0.1, 0.15) is 6.54 Å². The van der Waals surface area contributed by atoms with Gasteiger partial charge in [0.05, 0.1) is 23.2 Å². The lowest BCUT2D eigenvalue weighted by molar-refractivity contribution is -0.384. The van der Waals surface area contributed by atoms with E-state index < -0.39 is 10.9 Å². The third kappa shape index (κ3) is 3.30. The van der Waals surface area contributed by atoms with Crippen molar-refractivity contribution < 1.29 is 19.2 Å². The van der Waals surface area contributed by atoms with Crippen LogP contribution in [0.3, 0.4) is 0 Å². The van der Waals surface area contributed by atoms with Crippen LogP contribution in [0.25, 0.3) is 0 Å². The van der Waals surface area contributed by atoms with Crippen LogP contribution in [0, 0.1) is 10.1 Å². The van der Waals surface area contributed by atoms with Gasteiger partial charge in [0.15, 0.2) is 5.75 Å². The van der Waals surface area contributed by atoms with Crippen LogP contribution in [0.5, 0.6) is 5.75 Å². The van der Waals surface area contributed by atoms with Crippen LogP contribution in [0.4, 0.5) is 11.4 Å². The van der Waals surface area contributed by atoms with Gasteiger partial charge in [0.2, 0.25) is 5.91 Å². The summed E-state index contributed by atoms with van der Waals surface area (Å²) in [5, 5.41) is 10.8. The Morgan fingerprint density at radius 2 is 2.00 bits per heavy atom. The number of hydrogen-bond acceptors (Lipinski definition) is 7. The van der Waals surface area contributed by atoms with Gasteiger partial charge in [-0.05, 0) is 13.1 Å². The minimum atomic E-state index is -0.553. The van der Waals surface area contributed by atoms with Gasteiger partial charge in [-0.3, -0.25) is 14.9 Å². The first-order chi connectivity index (χ1) is 11.4. The third-order valence-electron chi connectivity index (χ3n) is 4.22. The molecule has 1 aromatic carbocycles. The standard InChI is InChI=1S/C15H18N4O5/c1-16-4-6-17(7-5-16)14(20)9-18-10-15(21)24-13-8-11(19(22)23)2-3-12(13)18/h2-3,8H,4-7,9-10H2,1H3. The zero-order valence-corrected chi connectivity index (χ0v) is 13.3. The molecule has 2 heterocycles. The van der Waals surface area contributed by atoms with Crippen molar-refractivity contribution >= 4 is 23.3 Å². The van der Waals surface area contributed by atoms with E-state index in [2.05, 4.69) is 4.90 Å². The summed E-state index contributed by atoms with van der Waals surface area (Å²) < 4.78 is 5.08. The van der Waals surface area contributed by atoms with Crippen LogP contribution in [0.2, 0.25) is 0 Å². The Balaban J connectivity index is 1.76. The Labute approximate surface area is 138 Å². The predicted octanol–water partition coefficient (Wildman–Crippen LogP) is 0.0942. The van der Waals surface area contributed by atoms with E-state index in [0.717, 1.165) is 13.1 Å². The number of esters is 1. The van der Waals surface area contributed by atoms with Gasteiger partial charge >= 0.3 is 5.97 Å². The van der Waals surface area contributed by atoms with E-state index in [1.165, 1.54) is 18.2 Å². The van der Waals surface area contributed by atoms with Gasteiger partial charge in [-0.2, -0.15) is 0 Å². The zero-order valence-electron chi connectivity index (χ0n) is 13.3. The number of rotatable bonds is 3. The molecule has 1 aromatic rings. The average Bonchev–Trinajstić information content (AvgIpc) is 2.54. The number of ether oxygens (including phenoxy) is 1. The van der Waals surface area contributed by atoms with Gasteiger partial charge in [-0.1, -0.05) is 0 Å². The summed E-state index contributed by atoms with van der Waals surface area (Å²) in [5.74, 6) is -0.483. The summed E-state index contributed by atoms with van der Waals surface area (Å²) in [6.07, 6.45) is 0. The van der Waals surface area contributed by atoms with E-state index in [0.29, 0.717) is 18.8 Å². The number of hydrogen-bond donors (Lipinski definition) is 0. The number of anilines is 1. The number of nitro groups is 1. The van der Waals surface area contributed by atoms with Gasteiger partial charge in [0, 0.05) is 32.2 Å². The molecule has 0 N–H and O–H groups in total. The lowest BCUT2D eigenvalue weighted by Gasteiger charge is -2.35. The van der Waals surface area contributed by atoms with Gasteiger partial charge in [0.25, 0.3) is 5.69 Å². The number of likely N-dealkylation sites (N-methyl/N-ethyl adjacent to an activating group) is 1. The normalized spacial score (nSPS) is 18.1. The Hall–Kier alpha value is -2.68. The highest BCUT2D eigenvalue weighted by Gasteiger charge is 2.29. The molecule has 1 amide bonds. The number of carbonyl (C=O) groups is 2. The number of fused-ring (bicyclic) bond motifs is 1. The molecule has 0 unspecified atom stereocenters. The van der Waals surface area contributed by atoms with Crippen molar-refractivity contribution in [2.45, 2.75) is 0 Å². The zero-order chi connectivity index (χ0) is 17.3. The fourth-order valence-corrected chi connectivity index (χ4v) is 2.82. The first-order valence-electron chi connectivity index (χ1n) is 7.64. The molecule has 24 heavy (non-hydrogen) atoms. The van der Waals surface area contributed by atoms with Crippen molar-refractivity contribution in [2.75, 3.05) is 51.2 Å². The molecular weight excluding hydrogens is 316 g/mol. The molecule has 1 saturated heterocycles. The molecule has 2 aliphatic rings. The molecule has 0 spiro atoms. The van der Waals surface area contributed by atoms with Crippen LogP contribution in [0.1, 0.15) is 0 Å². The van der Waals surface area contributed by atoms with E-state index in [1.54, 1.807) is 9.80 Å². The first-order valence-corrected chi connectivity index (χ1v) is 7.64. The molecule has 0 atom stereocenters. The Bertz CT molecular complexity index is 684. The second-order valence-corrected chi connectivity index (χ2v) is 5.92. The Morgan fingerprint density at radius 3 is 2.67 bits per heavy atom. The fourth-order valence-electron chi connectivity index (χ4n) is 2.82. The SMILES string of the molecule is CN1CCN(C(=O)CN2CC(=O)Oc3cc([N+](=O)[O-])ccc32)CC1. The van der Waals surface area contributed by atoms with Gasteiger partial charge in [-0.15, -0.1) is 0 Å². The Kier molecular flexibility index (Phi) is 4.34. The molecule has 0 aromatic heterocycles. The van der Waals surface area contributed by atoms with Crippen LogP contribution in [0.15, 0.2) is 18.2 Å². The van der Waals surface area contributed by atoms with Gasteiger partial charge < -0.3 is 19.4 Å². The van der Waals surface area contributed by atoms with Crippen molar-refractivity contribution in [1.29, 1.82) is 0 Å². The summed E-state index contributed by atoms with van der Waals surface area (Å²) in [4.78, 5) is 40.0. The summed E-state index contributed by atoms with van der Waals surface area (Å²) >= 11 is 0. The quantitative estimate of drug-likeness (QED) is 0.335. The van der Waals surface area contributed by atoms with Crippen molar-refractivity contribution in [1.82, 2.24) is 9.80 Å². The highest BCUT2D eigenvalue weighted by molar-refractivity contribution is 5.89. The fraction of sp³-hybridized carbons (Fsp3) is 0.467. The number of non-ortho nitro benzene ring substituents is 1. The molecule has 3 rings (SSSR count). The molecule has 0 bridgehead atoms. The Morgan fingerprint density at radius 1 is 1.29 bits per heavy atom. The monoisotopic (exact) mass is 334 g/mol. The van der Waals surface area contributed by atoms with Crippen molar-refractivity contribution in [3.05, 3.63) is 28.3 Å². The summed E-state index contributed by atoms with van der Waals surface area (Å²) in [6.45, 7) is 2.93. The van der Waals surface area contributed by atoms with E-state index in [-0.39, 0.29) is 30.4 Å². The topological polar surface area (TPSA) is 96.2 Å². The molecule has 1 fully saturated rings. The van der Waals surface area contributed by atoms with Crippen molar-refractivity contribution in [3.63, 3.8) is 0 Å². The molecule has 9 nitrogen and oxygen atoms in total. The first kappa shape index (κ1) is 16.2. The minimum Gasteiger partial charge on any atom is -0.423 e. The molecular formula is C15H18N4O5. The molecule has 9 heteroatoms. The number of benzene rings is 1. The maximum absolute atomic E-state index is 12.5. The average molecular weight is 334 g/mol. The number of carbonyl (C=O) groups excluding carboxylic acids is 2. The highest BCUT2D eigenvalue weighted by Crippen LogP contribution is 2.35. The molecule has 128 valence electrons. The van der Waals surface area contributed by atoms with Crippen LogP contribution in [-0.4, -0.2) is 72.9 Å². The van der Waals surface area contributed by atoms with Crippen molar-refractivity contribution in [3.8, 4) is 5.75 Å². The minimum absolute atomic E-state index is 0.0453. The van der Waals surface area contributed by atoms with Crippen molar-refractivity contribution in [2.24, 2.45) is 0 Å². The largest absolute Gasteiger partial charge is 0.423 e. The van der Waals surface area contributed by atoms with E-state index in [9.17, 15) is 19.7 Å². The second kappa shape index (κ2) is 6.44. The lowest BCUT2D eigenvalue weighted by Crippen LogP contribution is -2.51.